The van der Waals surface area contributed by atoms with Gasteiger partial charge in [0, 0.05) is 11.3 Å². The predicted molar refractivity (Wildman–Crippen MR) is 139 cm³/mol. The van der Waals surface area contributed by atoms with E-state index in [1.165, 1.54) is 11.8 Å². The summed E-state index contributed by atoms with van der Waals surface area (Å²) in [5.41, 5.74) is 0.294. The van der Waals surface area contributed by atoms with Crippen molar-refractivity contribution in [2.24, 2.45) is 5.92 Å². The standard InChI is InChI=1S/C28H33ClO5S/c1-18(2)33-25-13-8-19(16-23(25)29)14-15-28(20-6-4-5-7-20)17-24(30)26(27(31)34-28)35-22-11-9-21(32-3)10-12-22/h8-13,16,18,20,26H,4-7,14-15,17H2,1-3H3. The third kappa shape index (κ3) is 6.15. The number of thioether (sulfide) groups is 1. The van der Waals surface area contributed by atoms with Crippen LogP contribution in [0.25, 0.3) is 0 Å². The summed E-state index contributed by atoms with van der Waals surface area (Å²) >= 11 is 7.70. The Balaban J connectivity index is 1.48. The Kier molecular flexibility index (Phi) is 8.33. The average Bonchev–Trinajstić information content (AvgIpc) is 3.38. The van der Waals surface area contributed by atoms with E-state index >= 15 is 0 Å². The maximum atomic E-state index is 13.3. The van der Waals surface area contributed by atoms with Crippen molar-refractivity contribution in [2.75, 3.05) is 7.11 Å². The van der Waals surface area contributed by atoms with Gasteiger partial charge in [-0.2, -0.15) is 0 Å². The van der Waals surface area contributed by atoms with Gasteiger partial charge in [0.25, 0.3) is 0 Å². The molecule has 1 aliphatic carbocycles. The molecule has 1 saturated carbocycles. The number of aryl methyl sites for hydroxylation is 1. The number of hydrogen-bond acceptors (Lipinski definition) is 6. The minimum Gasteiger partial charge on any atom is -0.497 e. The van der Waals surface area contributed by atoms with E-state index in [-0.39, 0.29) is 24.2 Å². The quantitative estimate of drug-likeness (QED) is 0.274. The second-order valence-corrected chi connectivity index (χ2v) is 11.3. The SMILES string of the molecule is COc1ccc(SC2C(=O)CC(CCc3ccc(OC(C)C)c(Cl)c3)(C3CCCC3)OC2=O)cc1. The van der Waals surface area contributed by atoms with Crippen molar-refractivity contribution in [2.45, 2.75) is 80.6 Å². The zero-order chi connectivity index (χ0) is 25.0. The van der Waals surface area contributed by atoms with Crippen molar-refractivity contribution in [1.82, 2.24) is 0 Å². The molecule has 2 unspecified atom stereocenters. The summed E-state index contributed by atoms with van der Waals surface area (Å²) in [6.07, 6.45) is 5.77. The number of esters is 1. The first-order valence-electron chi connectivity index (χ1n) is 12.3. The fourth-order valence-corrected chi connectivity index (χ4v) is 6.31. The number of halogens is 1. The first kappa shape index (κ1) is 25.9. The number of ketones is 1. The molecule has 2 fully saturated rings. The number of rotatable bonds is 9. The van der Waals surface area contributed by atoms with Gasteiger partial charge in [0.05, 0.1) is 18.2 Å². The molecule has 4 rings (SSSR count). The summed E-state index contributed by atoms with van der Waals surface area (Å²) in [7, 11) is 1.61. The van der Waals surface area contributed by atoms with Crippen LogP contribution in [-0.4, -0.2) is 35.8 Å². The molecular formula is C28H33ClO5S. The molecule has 188 valence electrons. The third-order valence-electron chi connectivity index (χ3n) is 6.89. The minimum atomic E-state index is -0.833. The normalized spacial score (nSPS) is 22.9. The predicted octanol–water partition coefficient (Wildman–Crippen LogP) is 6.67. The van der Waals surface area contributed by atoms with E-state index in [0.29, 0.717) is 23.6 Å². The lowest BCUT2D eigenvalue weighted by atomic mass is 9.76. The molecule has 2 aromatic carbocycles. The molecule has 0 amide bonds. The van der Waals surface area contributed by atoms with Gasteiger partial charge in [-0.1, -0.05) is 30.5 Å². The largest absolute Gasteiger partial charge is 0.497 e. The number of carbonyl (C=O) groups excluding carboxylic acids is 2. The maximum absolute atomic E-state index is 13.3. The highest BCUT2D eigenvalue weighted by atomic mass is 35.5. The van der Waals surface area contributed by atoms with Crippen LogP contribution < -0.4 is 9.47 Å². The van der Waals surface area contributed by atoms with Crippen LogP contribution in [0.2, 0.25) is 5.02 Å². The van der Waals surface area contributed by atoms with Gasteiger partial charge < -0.3 is 14.2 Å². The van der Waals surface area contributed by atoms with E-state index in [1.807, 2.05) is 56.3 Å². The topological polar surface area (TPSA) is 61.8 Å². The molecule has 2 aliphatic rings. The van der Waals surface area contributed by atoms with Crippen molar-refractivity contribution in [3.05, 3.63) is 53.1 Å². The Labute approximate surface area is 216 Å². The third-order valence-corrected chi connectivity index (χ3v) is 8.42. The Bertz CT molecular complexity index is 1030. The van der Waals surface area contributed by atoms with Gasteiger partial charge in [0.1, 0.15) is 17.1 Å². The van der Waals surface area contributed by atoms with E-state index in [9.17, 15) is 9.59 Å². The zero-order valence-corrected chi connectivity index (χ0v) is 22.1. The van der Waals surface area contributed by atoms with Crippen LogP contribution in [-0.2, 0) is 20.7 Å². The Morgan fingerprint density at radius 3 is 2.43 bits per heavy atom. The number of hydrogen-bond donors (Lipinski definition) is 0. The van der Waals surface area contributed by atoms with Gasteiger partial charge in [-0.3, -0.25) is 9.59 Å². The van der Waals surface area contributed by atoms with Crippen molar-refractivity contribution in [3.8, 4) is 11.5 Å². The van der Waals surface area contributed by atoms with Crippen molar-refractivity contribution >= 4 is 35.1 Å². The number of Topliss-reactive ketones (excluding diaryl/α,β-unsaturated/α-hetero) is 1. The minimum absolute atomic E-state index is 0.0420. The molecule has 0 N–H and O–H groups in total. The van der Waals surface area contributed by atoms with Crippen LogP contribution in [0.4, 0.5) is 0 Å². The molecule has 5 nitrogen and oxygen atoms in total. The van der Waals surface area contributed by atoms with E-state index in [1.54, 1.807) is 7.11 Å². The van der Waals surface area contributed by atoms with Crippen LogP contribution >= 0.6 is 23.4 Å². The molecular weight excluding hydrogens is 484 g/mol. The van der Waals surface area contributed by atoms with Crippen LogP contribution in [0.1, 0.15) is 57.9 Å². The van der Waals surface area contributed by atoms with Crippen LogP contribution in [0.15, 0.2) is 47.4 Å². The van der Waals surface area contributed by atoms with E-state index in [4.69, 9.17) is 25.8 Å². The van der Waals surface area contributed by atoms with Gasteiger partial charge >= 0.3 is 5.97 Å². The lowest BCUT2D eigenvalue weighted by Gasteiger charge is -2.43. The molecule has 0 spiro atoms. The lowest BCUT2D eigenvalue weighted by Crippen LogP contribution is -2.53. The van der Waals surface area contributed by atoms with Crippen LogP contribution in [0.3, 0.4) is 0 Å². The van der Waals surface area contributed by atoms with E-state index in [0.717, 1.165) is 41.9 Å². The Hall–Kier alpha value is -2.18. The monoisotopic (exact) mass is 516 g/mol. The highest BCUT2D eigenvalue weighted by molar-refractivity contribution is 8.01. The molecule has 0 bridgehead atoms. The van der Waals surface area contributed by atoms with Gasteiger partial charge in [0.2, 0.25) is 0 Å². The molecule has 0 radical (unpaired) electrons. The molecule has 2 aromatic rings. The first-order valence-corrected chi connectivity index (χ1v) is 13.6. The summed E-state index contributed by atoms with van der Waals surface area (Å²) in [4.78, 5) is 27.4. The molecule has 2 atom stereocenters. The Morgan fingerprint density at radius 1 is 1.11 bits per heavy atom. The summed E-state index contributed by atoms with van der Waals surface area (Å²) in [6.45, 7) is 3.93. The molecule has 35 heavy (non-hydrogen) atoms. The van der Waals surface area contributed by atoms with Crippen molar-refractivity contribution < 1.29 is 23.8 Å². The number of ether oxygens (including phenoxy) is 3. The molecule has 0 aromatic heterocycles. The molecule has 1 saturated heterocycles. The summed E-state index contributed by atoms with van der Waals surface area (Å²) in [6, 6.07) is 13.2. The number of cyclic esters (lactones) is 1. The summed E-state index contributed by atoms with van der Waals surface area (Å²) in [5.74, 6) is 1.13. The maximum Gasteiger partial charge on any atom is 0.327 e. The van der Waals surface area contributed by atoms with E-state index in [2.05, 4.69) is 0 Å². The number of carbonyl (C=O) groups is 2. The fourth-order valence-electron chi connectivity index (χ4n) is 5.14. The second kappa shape index (κ2) is 11.3. The highest BCUT2D eigenvalue weighted by Gasteiger charge is 2.51. The highest BCUT2D eigenvalue weighted by Crippen LogP contribution is 2.46. The first-order chi connectivity index (χ1) is 16.8. The fraction of sp³-hybridized carbons (Fsp3) is 0.500. The van der Waals surface area contributed by atoms with Gasteiger partial charge in [-0.15, -0.1) is 11.8 Å². The molecule has 7 heteroatoms. The second-order valence-electron chi connectivity index (χ2n) is 9.72. The van der Waals surface area contributed by atoms with Gasteiger partial charge in [-0.05, 0) is 87.4 Å². The van der Waals surface area contributed by atoms with Crippen molar-refractivity contribution in [3.63, 3.8) is 0 Å². The average molecular weight is 517 g/mol. The molecule has 1 aliphatic heterocycles. The summed E-state index contributed by atoms with van der Waals surface area (Å²) in [5, 5.41) is -0.265. The number of methoxy groups -OCH3 is 1. The Morgan fingerprint density at radius 2 is 1.83 bits per heavy atom. The van der Waals surface area contributed by atoms with Crippen molar-refractivity contribution in [1.29, 1.82) is 0 Å². The molecule has 1 heterocycles. The number of benzene rings is 2. The van der Waals surface area contributed by atoms with Gasteiger partial charge in [-0.25, -0.2) is 0 Å². The van der Waals surface area contributed by atoms with Crippen LogP contribution in [0.5, 0.6) is 11.5 Å². The van der Waals surface area contributed by atoms with Crippen LogP contribution in [0, 0.1) is 5.92 Å². The van der Waals surface area contributed by atoms with E-state index < -0.39 is 16.8 Å². The lowest BCUT2D eigenvalue weighted by molar-refractivity contribution is -0.177. The van der Waals surface area contributed by atoms with Gasteiger partial charge in [0.15, 0.2) is 11.0 Å². The smallest absolute Gasteiger partial charge is 0.327 e. The summed E-state index contributed by atoms with van der Waals surface area (Å²) < 4.78 is 17.2. The zero-order valence-electron chi connectivity index (χ0n) is 20.6.